The Bertz CT molecular complexity index is 496. The molecule has 0 saturated heterocycles. The highest BCUT2D eigenvalue weighted by Gasteiger charge is 2.15. The molecule has 1 heterocycles. The van der Waals surface area contributed by atoms with Crippen molar-refractivity contribution in [3.05, 3.63) is 46.1 Å². The van der Waals surface area contributed by atoms with Crippen LogP contribution in [0.3, 0.4) is 0 Å². The molecule has 0 fully saturated rings. The lowest BCUT2D eigenvalue weighted by Crippen LogP contribution is -1.99. The topological polar surface area (TPSA) is 15.8 Å². The van der Waals surface area contributed by atoms with Gasteiger partial charge >= 0.3 is 0 Å². The Morgan fingerprint density at radius 2 is 1.75 bits per heavy atom. The fraction of sp³-hybridized carbons (Fsp3) is 0.286. The van der Waals surface area contributed by atoms with E-state index in [1.165, 1.54) is 48.1 Å². The van der Waals surface area contributed by atoms with Crippen LogP contribution < -0.4 is 0 Å². The fourth-order valence-electron chi connectivity index (χ4n) is 2.49. The number of hydrogen-bond acceptors (Lipinski definition) is 0. The zero-order valence-electron chi connectivity index (χ0n) is 9.09. The van der Waals surface area contributed by atoms with Gasteiger partial charge in [0.25, 0.3) is 0 Å². The van der Waals surface area contributed by atoms with E-state index in [2.05, 4.69) is 51.4 Å². The second-order valence-corrected chi connectivity index (χ2v) is 5.30. The highest BCUT2D eigenvalue weighted by molar-refractivity contribution is 9.10. The number of nitrogens with one attached hydrogen (secondary N) is 1. The minimum Gasteiger partial charge on any atom is -0.361 e. The first-order valence-electron chi connectivity index (χ1n) is 5.79. The van der Waals surface area contributed by atoms with Gasteiger partial charge in [0.2, 0.25) is 0 Å². The van der Waals surface area contributed by atoms with E-state index in [0.29, 0.717) is 0 Å². The number of H-pyrrole nitrogens is 1. The SMILES string of the molecule is Brc1ccc(-c2[nH]cc3c2CCCC3)cc1. The molecule has 16 heavy (non-hydrogen) atoms. The van der Waals surface area contributed by atoms with Crippen LogP contribution in [0.15, 0.2) is 34.9 Å². The minimum atomic E-state index is 1.14. The van der Waals surface area contributed by atoms with Crippen LogP contribution >= 0.6 is 15.9 Å². The molecule has 3 rings (SSSR count). The fourth-order valence-corrected chi connectivity index (χ4v) is 2.76. The molecule has 0 unspecified atom stereocenters. The maximum atomic E-state index is 3.47. The molecule has 0 amide bonds. The van der Waals surface area contributed by atoms with Gasteiger partial charge < -0.3 is 4.98 Å². The van der Waals surface area contributed by atoms with Crippen molar-refractivity contribution in [2.24, 2.45) is 0 Å². The van der Waals surface area contributed by atoms with E-state index in [4.69, 9.17) is 0 Å². The lowest BCUT2D eigenvalue weighted by molar-refractivity contribution is 0.691. The Labute approximate surface area is 104 Å². The van der Waals surface area contributed by atoms with E-state index >= 15 is 0 Å². The van der Waals surface area contributed by atoms with Gasteiger partial charge in [-0.2, -0.15) is 0 Å². The number of fused-ring (bicyclic) bond motifs is 1. The lowest BCUT2D eigenvalue weighted by Gasteiger charge is -2.12. The van der Waals surface area contributed by atoms with Gasteiger partial charge in [0.1, 0.15) is 0 Å². The summed E-state index contributed by atoms with van der Waals surface area (Å²) in [5.74, 6) is 0. The Morgan fingerprint density at radius 3 is 2.56 bits per heavy atom. The van der Waals surface area contributed by atoms with E-state index < -0.39 is 0 Å². The summed E-state index contributed by atoms with van der Waals surface area (Å²) < 4.78 is 1.14. The molecule has 82 valence electrons. The number of rotatable bonds is 1. The quantitative estimate of drug-likeness (QED) is 0.798. The predicted molar refractivity (Wildman–Crippen MR) is 70.6 cm³/mol. The standard InChI is InChI=1S/C14H14BrN/c15-12-7-5-10(6-8-12)14-13-4-2-1-3-11(13)9-16-14/h5-9,16H,1-4H2. The van der Waals surface area contributed by atoms with Crippen LogP contribution in [0.1, 0.15) is 24.0 Å². The molecule has 0 saturated carbocycles. The van der Waals surface area contributed by atoms with Crippen LogP contribution in [0, 0.1) is 0 Å². The summed E-state index contributed by atoms with van der Waals surface area (Å²) in [7, 11) is 0. The summed E-state index contributed by atoms with van der Waals surface area (Å²) in [6.07, 6.45) is 7.32. The highest BCUT2D eigenvalue weighted by Crippen LogP contribution is 2.31. The third kappa shape index (κ3) is 1.71. The Kier molecular flexibility index (Phi) is 2.60. The van der Waals surface area contributed by atoms with Gasteiger partial charge in [-0.15, -0.1) is 0 Å². The van der Waals surface area contributed by atoms with Crippen LogP contribution in [0.25, 0.3) is 11.3 Å². The van der Waals surface area contributed by atoms with E-state index in [9.17, 15) is 0 Å². The van der Waals surface area contributed by atoms with Crippen molar-refractivity contribution in [3.63, 3.8) is 0 Å². The second kappa shape index (κ2) is 4.10. The summed E-state index contributed by atoms with van der Waals surface area (Å²) >= 11 is 3.47. The van der Waals surface area contributed by atoms with Gasteiger partial charge in [-0.1, -0.05) is 28.1 Å². The van der Waals surface area contributed by atoms with Crippen molar-refractivity contribution >= 4 is 15.9 Å². The predicted octanol–water partition coefficient (Wildman–Crippen LogP) is 4.32. The number of hydrogen-bond donors (Lipinski definition) is 1. The van der Waals surface area contributed by atoms with Crippen LogP contribution in [-0.2, 0) is 12.8 Å². The van der Waals surface area contributed by atoms with E-state index in [1.807, 2.05) is 0 Å². The van der Waals surface area contributed by atoms with Crippen molar-refractivity contribution in [1.29, 1.82) is 0 Å². The molecule has 1 N–H and O–H groups in total. The smallest absolute Gasteiger partial charge is 0.0489 e. The first-order chi connectivity index (χ1) is 7.84. The maximum absolute atomic E-state index is 3.47. The van der Waals surface area contributed by atoms with Crippen LogP contribution in [0.5, 0.6) is 0 Å². The molecule has 1 aliphatic rings. The van der Waals surface area contributed by atoms with Gasteiger partial charge in [-0.05, 0) is 54.5 Å². The van der Waals surface area contributed by atoms with Gasteiger partial charge in [0.15, 0.2) is 0 Å². The van der Waals surface area contributed by atoms with E-state index in [1.54, 1.807) is 0 Å². The second-order valence-electron chi connectivity index (χ2n) is 4.38. The first-order valence-corrected chi connectivity index (χ1v) is 6.59. The van der Waals surface area contributed by atoms with Gasteiger partial charge in [-0.25, -0.2) is 0 Å². The summed E-state index contributed by atoms with van der Waals surface area (Å²) in [6.45, 7) is 0. The van der Waals surface area contributed by atoms with Gasteiger partial charge in [-0.3, -0.25) is 0 Å². The van der Waals surface area contributed by atoms with E-state index in [-0.39, 0.29) is 0 Å². The van der Waals surface area contributed by atoms with Crippen molar-refractivity contribution in [1.82, 2.24) is 4.98 Å². The largest absolute Gasteiger partial charge is 0.361 e. The molecule has 0 bridgehead atoms. The summed E-state index contributed by atoms with van der Waals surface area (Å²) in [6, 6.07) is 8.55. The molecule has 1 nitrogen and oxygen atoms in total. The number of halogens is 1. The van der Waals surface area contributed by atoms with E-state index in [0.717, 1.165) is 4.47 Å². The number of benzene rings is 1. The summed E-state index contributed by atoms with van der Waals surface area (Å²) in [5.41, 5.74) is 5.67. The molecular formula is C14H14BrN. The van der Waals surface area contributed by atoms with Crippen molar-refractivity contribution < 1.29 is 0 Å². The van der Waals surface area contributed by atoms with Crippen molar-refractivity contribution in [3.8, 4) is 11.3 Å². The Balaban J connectivity index is 2.06. The summed E-state index contributed by atoms with van der Waals surface area (Å²) in [4.78, 5) is 3.44. The number of aromatic nitrogens is 1. The first kappa shape index (κ1) is 10.2. The van der Waals surface area contributed by atoms with Gasteiger partial charge in [0, 0.05) is 16.4 Å². The number of aromatic amines is 1. The molecule has 0 atom stereocenters. The molecular weight excluding hydrogens is 262 g/mol. The lowest BCUT2D eigenvalue weighted by atomic mass is 9.92. The van der Waals surface area contributed by atoms with Crippen LogP contribution in [0.4, 0.5) is 0 Å². The Hall–Kier alpha value is -1.02. The normalized spacial score (nSPS) is 14.8. The molecule has 0 radical (unpaired) electrons. The summed E-state index contributed by atoms with van der Waals surface area (Å²) in [5, 5.41) is 0. The maximum Gasteiger partial charge on any atom is 0.0489 e. The average Bonchev–Trinajstić information content (AvgIpc) is 2.74. The minimum absolute atomic E-state index is 1.14. The highest BCUT2D eigenvalue weighted by atomic mass is 79.9. The van der Waals surface area contributed by atoms with Gasteiger partial charge in [0.05, 0.1) is 0 Å². The zero-order chi connectivity index (χ0) is 11.0. The average molecular weight is 276 g/mol. The Morgan fingerprint density at radius 1 is 1.00 bits per heavy atom. The van der Waals surface area contributed by atoms with Crippen LogP contribution in [-0.4, -0.2) is 4.98 Å². The monoisotopic (exact) mass is 275 g/mol. The third-order valence-corrected chi connectivity index (χ3v) is 3.86. The van der Waals surface area contributed by atoms with Crippen LogP contribution in [0.2, 0.25) is 0 Å². The molecule has 1 aromatic heterocycles. The molecule has 0 aliphatic heterocycles. The zero-order valence-corrected chi connectivity index (χ0v) is 10.7. The van der Waals surface area contributed by atoms with Crippen molar-refractivity contribution in [2.45, 2.75) is 25.7 Å². The molecule has 0 spiro atoms. The number of aryl methyl sites for hydroxylation is 1. The molecule has 1 aromatic carbocycles. The molecule has 1 aliphatic carbocycles. The van der Waals surface area contributed by atoms with Crippen molar-refractivity contribution in [2.75, 3.05) is 0 Å². The third-order valence-electron chi connectivity index (χ3n) is 3.34. The molecule has 2 aromatic rings. The molecule has 2 heteroatoms.